The summed E-state index contributed by atoms with van der Waals surface area (Å²) in [7, 11) is 4.60. The van der Waals surface area contributed by atoms with E-state index >= 15 is 0 Å². The van der Waals surface area contributed by atoms with Gasteiger partial charge in [0.1, 0.15) is 11.6 Å². The molecule has 2 heterocycles. The van der Waals surface area contributed by atoms with Gasteiger partial charge in [-0.25, -0.2) is 4.79 Å². The van der Waals surface area contributed by atoms with Gasteiger partial charge in [0.15, 0.2) is 0 Å². The standard InChI is InChI=1S/C19H23ClN4O4/c1-22-16(10-17(25)23(2)19(22)27)24-8-4-5-12(11-24)18(26)21-13-6-7-15(28-3)14(20)9-13/h6-7,9-10,12H,4-5,8,11H2,1-3H3,(H,21,26)/t12-/m1/s1. The monoisotopic (exact) mass is 406 g/mol. The topological polar surface area (TPSA) is 85.6 Å². The van der Waals surface area contributed by atoms with Gasteiger partial charge < -0.3 is 15.0 Å². The second kappa shape index (κ2) is 8.10. The molecule has 2 aromatic rings. The van der Waals surface area contributed by atoms with Crippen LogP contribution in [0.4, 0.5) is 11.5 Å². The first kappa shape index (κ1) is 20.0. The molecular weight excluding hydrogens is 384 g/mol. The van der Waals surface area contributed by atoms with Crippen molar-refractivity contribution in [2.45, 2.75) is 12.8 Å². The van der Waals surface area contributed by atoms with Crippen molar-refractivity contribution in [1.82, 2.24) is 9.13 Å². The van der Waals surface area contributed by atoms with Gasteiger partial charge in [-0.05, 0) is 31.0 Å². The summed E-state index contributed by atoms with van der Waals surface area (Å²) in [4.78, 5) is 38.9. The zero-order valence-electron chi connectivity index (χ0n) is 16.1. The summed E-state index contributed by atoms with van der Waals surface area (Å²) < 4.78 is 7.61. The van der Waals surface area contributed by atoms with Crippen LogP contribution < -0.4 is 26.2 Å². The molecule has 150 valence electrons. The van der Waals surface area contributed by atoms with E-state index in [9.17, 15) is 14.4 Å². The molecule has 1 amide bonds. The molecule has 0 radical (unpaired) electrons. The van der Waals surface area contributed by atoms with E-state index in [1.54, 1.807) is 25.2 Å². The lowest BCUT2D eigenvalue weighted by Crippen LogP contribution is -2.45. The molecular formula is C19H23ClN4O4. The number of nitrogens with one attached hydrogen (secondary N) is 1. The fourth-order valence-electron chi connectivity index (χ4n) is 3.41. The molecule has 1 aromatic carbocycles. The molecule has 0 spiro atoms. The van der Waals surface area contributed by atoms with Crippen molar-refractivity contribution < 1.29 is 9.53 Å². The molecule has 0 bridgehead atoms. The maximum atomic E-state index is 12.7. The predicted octanol–water partition coefficient (Wildman–Crippen LogP) is 1.60. The summed E-state index contributed by atoms with van der Waals surface area (Å²) in [5.41, 5.74) is -0.159. The van der Waals surface area contributed by atoms with Crippen LogP contribution in [0, 0.1) is 5.92 Å². The molecule has 1 fully saturated rings. The first-order valence-corrected chi connectivity index (χ1v) is 9.36. The number of carbonyl (C=O) groups is 1. The Labute approximate surface area is 167 Å². The highest BCUT2D eigenvalue weighted by Crippen LogP contribution is 2.28. The summed E-state index contributed by atoms with van der Waals surface area (Å²) in [6.45, 7) is 1.11. The molecule has 0 unspecified atom stereocenters. The van der Waals surface area contributed by atoms with Crippen LogP contribution in [-0.4, -0.2) is 35.2 Å². The van der Waals surface area contributed by atoms with E-state index in [1.807, 2.05) is 4.90 Å². The van der Waals surface area contributed by atoms with Crippen molar-refractivity contribution in [2.75, 3.05) is 30.4 Å². The normalized spacial score (nSPS) is 16.7. The van der Waals surface area contributed by atoms with E-state index in [0.29, 0.717) is 35.4 Å². The summed E-state index contributed by atoms with van der Waals surface area (Å²) in [6, 6.07) is 6.50. The minimum absolute atomic E-state index is 0.125. The average molecular weight is 407 g/mol. The van der Waals surface area contributed by atoms with Crippen molar-refractivity contribution in [3.8, 4) is 5.75 Å². The van der Waals surface area contributed by atoms with Crippen LogP contribution in [0.1, 0.15) is 12.8 Å². The van der Waals surface area contributed by atoms with Crippen molar-refractivity contribution in [3.63, 3.8) is 0 Å². The first-order valence-electron chi connectivity index (χ1n) is 8.98. The van der Waals surface area contributed by atoms with Crippen LogP contribution in [0.25, 0.3) is 0 Å². The molecule has 9 heteroatoms. The van der Waals surface area contributed by atoms with Gasteiger partial charge in [0, 0.05) is 38.9 Å². The minimum Gasteiger partial charge on any atom is -0.495 e. The van der Waals surface area contributed by atoms with Crippen LogP contribution in [0.5, 0.6) is 5.75 Å². The van der Waals surface area contributed by atoms with Gasteiger partial charge in [-0.15, -0.1) is 0 Å². The summed E-state index contributed by atoms with van der Waals surface area (Å²) >= 11 is 6.11. The highest BCUT2D eigenvalue weighted by molar-refractivity contribution is 6.32. The van der Waals surface area contributed by atoms with Crippen molar-refractivity contribution >= 4 is 29.0 Å². The number of piperidine rings is 1. The molecule has 0 saturated carbocycles. The number of aromatic nitrogens is 2. The maximum Gasteiger partial charge on any atom is 0.332 e. The highest BCUT2D eigenvalue weighted by atomic mass is 35.5. The number of rotatable bonds is 4. The second-order valence-electron chi connectivity index (χ2n) is 6.87. The number of nitrogens with zero attached hydrogens (tertiary/aromatic N) is 3. The third-order valence-electron chi connectivity index (χ3n) is 5.04. The SMILES string of the molecule is COc1ccc(NC(=O)[C@@H]2CCCN(c3cc(=O)n(C)c(=O)n3C)C2)cc1Cl. The quantitative estimate of drug-likeness (QED) is 0.833. The number of anilines is 2. The highest BCUT2D eigenvalue weighted by Gasteiger charge is 2.27. The van der Waals surface area contributed by atoms with Crippen molar-refractivity contribution in [3.05, 3.63) is 50.1 Å². The van der Waals surface area contributed by atoms with E-state index in [0.717, 1.165) is 17.4 Å². The molecule has 1 aliphatic rings. The Morgan fingerprint density at radius 2 is 1.96 bits per heavy atom. The lowest BCUT2D eigenvalue weighted by atomic mass is 9.97. The van der Waals surface area contributed by atoms with Crippen LogP contribution in [0.15, 0.2) is 33.9 Å². The molecule has 1 atom stereocenters. The Morgan fingerprint density at radius 3 is 2.64 bits per heavy atom. The fourth-order valence-corrected chi connectivity index (χ4v) is 3.67. The lowest BCUT2D eigenvalue weighted by Gasteiger charge is -2.34. The Kier molecular flexibility index (Phi) is 5.79. The predicted molar refractivity (Wildman–Crippen MR) is 108 cm³/mol. The molecule has 1 N–H and O–H groups in total. The lowest BCUT2D eigenvalue weighted by molar-refractivity contribution is -0.120. The minimum atomic E-state index is -0.387. The van der Waals surface area contributed by atoms with E-state index in [-0.39, 0.29) is 23.1 Å². The molecule has 1 saturated heterocycles. The number of carbonyl (C=O) groups excluding carboxylic acids is 1. The smallest absolute Gasteiger partial charge is 0.332 e. The van der Waals surface area contributed by atoms with Gasteiger partial charge >= 0.3 is 5.69 Å². The van der Waals surface area contributed by atoms with Crippen molar-refractivity contribution in [1.29, 1.82) is 0 Å². The number of benzene rings is 1. The van der Waals surface area contributed by atoms with Gasteiger partial charge in [-0.3, -0.25) is 18.7 Å². The van der Waals surface area contributed by atoms with Gasteiger partial charge in [-0.2, -0.15) is 0 Å². The summed E-state index contributed by atoms with van der Waals surface area (Å²) in [5, 5.41) is 3.30. The van der Waals surface area contributed by atoms with E-state index < -0.39 is 0 Å². The number of methoxy groups -OCH3 is 1. The third kappa shape index (κ3) is 3.91. The van der Waals surface area contributed by atoms with E-state index in [4.69, 9.17) is 16.3 Å². The molecule has 8 nitrogen and oxygen atoms in total. The zero-order chi connectivity index (χ0) is 20.4. The molecule has 0 aliphatic carbocycles. The number of ether oxygens (including phenoxy) is 1. The van der Waals surface area contributed by atoms with Gasteiger partial charge in [0.25, 0.3) is 5.56 Å². The largest absolute Gasteiger partial charge is 0.495 e. The van der Waals surface area contributed by atoms with E-state index in [2.05, 4.69) is 5.32 Å². The molecule has 28 heavy (non-hydrogen) atoms. The summed E-state index contributed by atoms with van der Waals surface area (Å²) in [5.74, 6) is 0.668. The van der Waals surface area contributed by atoms with Crippen LogP contribution in [-0.2, 0) is 18.9 Å². The number of hydrogen-bond donors (Lipinski definition) is 1. The van der Waals surface area contributed by atoms with Crippen molar-refractivity contribution in [2.24, 2.45) is 20.0 Å². The second-order valence-corrected chi connectivity index (χ2v) is 7.27. The number of halogens is 1. The van der Waals surface area contributed by atoms with E-state index in [1.165, 1.54) is 24.8 Å². The average Bonchev–Trinajstić information content (AvgIpc) is 2.69. The van der Waals surface area contributed by atoms with Gasteiger partial charge in [0.2, 0.25) is 5.91 Å². The Morgan fingerprint density at radius 1 is 1.21 bits per heavy atom. The molecule has 1 aliphatic heterocycles. The van der Waals surface area contributed by atoms with Crippen LogP contribution in [0.2, 0.25) is 5.02 Å². The van der Waals surface area contributed by atoms with Gasteiger partial charge in [0.05, 0.1) is 18.1 Å². The van der Waals surface area contributed by atoms with Crippen LogP contribution >= 0.6 is 11.6 Å². The zero-order valence-corrected chi connectivity index (χ0v) is 16.8. The molecule has 1 aromatic heterocycles. The Balaban J connectivity index is 1.76. The van der Waals surface area contributed by atoms with Crippen LogP contribution in [0.3, 0.4) is 0 Å². The number of amides is 1. The Hall–Kier alpha value is -2.74. The fraction of sp³-hybridized carbons (Fsp3) is 0.421. The number of hydrogen-bond acceptors (Lipinski definition) is 5. The Bertz CT molecular complexity index is 1010. The van der Waals surface area contributed by atoms with Gasteiger partial charge in [-0.1, -0.05) is 11.6 Å². The first-order chi connectivity index (χ1) is 13.3. The third-order valence-corrected chi connectivity index (χ3v) is 5.33. The maximum absolute atomic E-state index is 12.7. The summed E-state index contributed by atoms with van der Waals surface area (Å²) in [6.07, 6.45) is 1.51. The molecule has 3 rings (SSSR count).